The van der Waals surface area contributed by atoms with Crippen LogP contribution in [0.5, 0.6) is 11.5 Å². The molecule has 0 bridgehead atoms. The minimum absolute atomic E-state index is 0.000263. The van der Waals surface area contributed by atoms with Crippen LogP contribution in [-0.4, -0.2) is 52.7 Å². The van der Waals surface area contributed by atoms with Crippen LogP contribution >= 0.6 is 12.1 Å². The third-order valence-corrected chi connectivity index (χ3v) is 7.95. The first kappa shape index (κ1) is 24.7. The van der Waals surface area contributed by atoms with Gasteiger partial charge in [0.05, 0.1) is 29.0 Å². The van der Waals surface area contributed by atoms with Crippen molar-refractivity contribution < 1.29 is 14.2 Å². The van der Waals surface area contributed by atoms with Gasteiger partial charge < -0.3 is 19.9 Å². The SMILES string of the molecule is CN(CCO)SNc1ccc(F)c(Oc2ccc3ncc(C4CC5(CCNCC5)C4)nc3c2)c1C#N. The predicted octanol–water partition coefficient (Wildman–Crippen LogP) is 4.58. The summed E-state index contributed by atoms with van der Waals surface area (Å²) in [5.41, 5.74) is 3.34. The highest BCUT2D eigenvalue weighted by Gasteiger charge is 2.45. The Labute approximate surface area is 214 Å². The maximum absolute atomic E-state index is 14.7. The summed E-state index contributed by atoms with van der Waals surface area (Å²) in [6.07, 6.45) is 6.61. The summed E-state index contributed by atoms with van der Waals surface area (Å²) < 4.78 is 25.4. The summed E-state index contributed by atoms with van der Waals surface area (Å²) in [6.45, 7) is 2.61. The standard InChI is InChI=1S/C26H29FN6O2S/c1-33(10-11-34)36-32-21-5-3-20(27)25(19(21)15-28)35-18-2-4-22-23(12-18)31-24(16-30-22)17-13-26(14-17)6-8-29-9-7-26/h2-5,12,16-17,29,32,34H,6-11,13-14H2,1H3. The largest absolute Gasteiger partial charge is 0.453 e. The van der Waals surface area contributed by atoms with Gasteiger partial charge in [0, 0.05) is 36.9 Å². The van der Waals surface area contributed by atoms with Crippen LogP contribution in [0.3, 0.4) is 0 Å². The van der Waals surface area contributed by atoms with E-state index in [-0.39, 0.29) is 17.9 Å². The van der Waals surface area contributed by atoms with Crippen LogP contribution in [0.1, 0.15) is 42.9 Å². The number of aliphatic hydroxyl groups excluding tert-OH is 1. The average molecular weight is 509 g/mol. The number of hydrogen-bond acceptors (Lipinski definition) is 9. The second kappa shape index (κ2) is 10.6. The minimum atomic E-state index is -0.632. The molecular formula is C26H29FN6O2S. The van der Waals surface area contributed by atoms with Crippen molar-refractivity contribution in [2.75, 3.05) is 38.0 Å². The van der Waals surface area contributed by atoms with Crippen LogP contribution < -0.4 is 14.8 Å². The molecule has 2 fully saturated rings. The van der Waals surface area contributed by atoms with E-state index in [1.165, 1.54) is 37.1 Å². The van der Waals surface area contributed by atoms with Crippen LogP contribution in [-0.2, 0) is 0 Å². The third kappa shape index (κ3) is 5.11. The highest BCUT2D eigenvalue weighted by Crippen LogP contribution is 2.55. The molecule has 2 aromatic carbocycles. The van der Waals surface area contributed by atoms with Gasteiger partial charge in [-0.3, -0.25) is 4.98 Å². The number of ether oxygens (including phenoxy) is 1. The quantitative estimate of drug-likeness (QED) is 0.377. The molecule has 1 saturated heterocycles. The normalized spacial score (nSPS) is 17.2. The first-order valence-corrected chi connectivity index (χ1v) is 12.9. The highest BCUT2D eigenvalue weighted by molar-refractivity contribution is 7.98. The summed E-state index contributed by atoms with van der Waals surface area (Å²) in [5.74, 6) is 0.0158. The lowest BCUT2D eigenvalue weighted by Gasteiger charge is -2.50. The molecule has 0 amide bonds. The number of fused-ring (bicyclic) bond motifs is 1. The summed E-state index contributed by atoms with van der Waals surface area (Å²) in [7, 11) is 1.79. The van der Waals surface area contributed by atoms with Crippen molar-refractivity contribution in [2.24, 2.45) is 5.41 Å². The van der Waals surface area contributed by atoms with Crippen LogP contribution in [0.2, 0.25) is 0 Å². The number of benzene rings is 2. The molecule has 10 heteroatoms. The van der Waals surface area contributed by atoms with Crippen molar-refractivity contribution in [3.05, 3.63) is 53.6 Å². The Bertz CT molecular complexity index is 1290. The number of aliphatic hydroxyl groups is 1. The van der Waals surface area contributed by atoms with Gasteiger partial charge in [0.25, 0.3) is 0 Å². The van der Waals surface area contributed by atoms with Crippen LogP contribution in [0.4, 0.5) is 10.1 Å². The Morgan fingerprint density at radius 1 is 1.28 bits per heavy atom. The van der Waals surface area contributed by atoms with Crippen molar-refractivity contribution in [1.29, 1.82) is 5.26 Å². The molecule has 0 unspecified atom stereocenters. The van der Waals surface area contributed by atoms with Gasteiger partial charge >= 0.3 is 0 Å². The number of rotatable bonds is 8. The zero-order valence-electron chi connectivity index (χ0n) is 20.1. The topological polar surface area (TPSA) is 106 Å². The summed E-state index contributed by atoms with van der Waals surface area (Å²) >= 11 is 1.20. The third-order valence-electron chi connectivity index (χ3n) is 7.14. The molecule has 188 valence electrons. The van der Waals surface area contributed by atoms with Gasteiger partial charge in [0.15, 0.2) is 11.6 Å². The molecule has 1 aliphatic carbocycles. The number of anilines is 1. The molecule has 2 heterocycles. The molecule has 1 aliphatic heterocycles. The van der Waals surface area contributed by atoms with Crippen molar-refractivity contribution >= 4 is 28.9 Å². The fourth-order valence-corrected chi connectivity index (χ4v) is 5.71. The molecule has 3 N–H and O–H groups in total. The lowest BCUT2D eigenvalue weighted by Crippen LogP contribution is -2.44. The molecule has 8 nitrogen and oxygen atoms in total. The fraction of sp³-hybridized carbons (Fsp3) is 0.423. The van der Waals surface area contributed by atoms with E-state index in [9.17, 15) is 9.65 Å². The molecule has 5 rings (SSSR count). The Kier molecular flexibility index (Phi) is 7.25. The van der Waals surface area contributed by atoms with E-state index in [1.807, 2.05) is 12.3 Å². The Balaban J connectivity index is 1.35. The van der Waals surface area contributed by atoms with Crippen molar-refractivity contribution in [2.45, 2.75) is 31.6 Å². The Morgan fingerprint density at radius 3 is 2.83 bits per heavy atom. The summed E-state index contributed by atoms with van der Waals surface area (Å²) in [6, 6.07) is 10.0. The predicted molar refractivity (Wildman–Crippen MR) is 138 cm³/mol. The second-order valence-corrected chi connectivity index (χ2v) is 10.6. The van der Waals surface area contributed by atoms with Crippen LogP contribution in [0, 0.1) is 22.6 Å². The number of nitrogens with one attached hydrogen (secondary N) is 2. The lowest BCUT2D eigenvalue weighted by molar-refractivity contribution is 0.0586. The zero-order chi connectivity index (χ0) is 25.1. The lowest BCUT2D eigenvalue weighted by atomic mass is 9.57. The molecule has 0 atom stereocenters. The van der Waals surface area contributed by atoms with E-state index in [2.05, 4.69) is 15.0 Å². The van der Waals surface area contributed by atoms with E-state index in [1.54, 1.807) is 29.6 Å². The molecule has 3 aromatic rings. The molecule has 1 saturated carbocycles. The molecule has 0 radical (unpaired) electrons. The van der Waals surface area contributed by atoms with E-state index in [0.717, 1.165) is 37.1 Å². The van der Waals surface area contributed by atoms with Gasteiger partial charge in [-0.2, -0.15) is 5.26 Å². The summed E-state index contributed by atoms with van der Waals surface area (Å²) in [4.78, 5) is 9.46. The first-order chi connectivity index (χ1) is 17.5. The van der Waals surface area contributed by atoms with E-state index in [0.29, 0.717) is 34.8 Å². The number of nitrogens with zero attached hydrogens (tertiary/aromatic N) is 4. The van der Waals surface area contributed by atoms with E-state index >= 15 is 0 Å². The van der Waals surface area contributed by atoms with Gasteiger partial charge in [-0.1, -0.05) is 0 Å². The van der Waals surface area contributed by atoms with Gasteiger partial charge in [0.2, 0.25) is 0 Å². The summed E-state index contributed by atoms with van der Waals surface area (Å²) in [5, 5.41) is 22.3. The van der Waals surface area contributed by atoms with E-state index < -0.39 is 5.82 Å². The number of likely N-dealkylation sites (N-methyl/N-ethyl adjacent to an activating group) is 1. The molecular weight excluding hydrogens is 479 g/mol. The van der Waals surface area contributed by atoms with Crippen molar-refractivity contribution in [1.82, 2.24) is 19.6 Å². The van der Waals surface area contributed by atoms with Crippen LogP contribution in [0.15, 0.2) is 36.5 Å². The molecule has 2 aliphatic rings. The fourth-order valence-electron chi connectivity index (χ4n) is 5.11. The minimum Gasteiger partial charge on any atom is -0.453 e. The first-order valence-electron chi connectivity index (χ1n) is 12.1. The monoisotopic (exact) mass is 508 g/mol. The second-order valence-electron chi connectivity index (χ2n) is 9.58. The number of hydrogen-bond donors (Lipinski definition) is 3. The average Bonchev–Trinajstić information content (AvgIpc) is 2.87. The molecule has 1 spiro atoms. The zero-order valence-corrected chi connectivity index (χ0v) is 20.9. The maximum Gasteiger partial charge on any atom is 0.182 e. The maximum atomic E-state index is 14.7. The van der Waals surface area contributed by atoms with Gasteiger partial charge in [0.1, 0.15) is 17.4 Å². The number of nitriles is 1. The smallest absolute Gasteiger partial charge is 0.182 e. The molecule has 1 aromatic heterocycles. The van der Waals surface area contributed by atoms with E-state index in [4.69, 9.17) is 14.8 Å². The number of halogens is 1. The Morgan fingerprint density at radius 2 is 2.08 bits per heavy atom. The number of piperidine rings is 1. The van der Waals surface area contributed by atoms with Crippen LogP contribution in [0.25, 0.3) is 11.0 Å². The highest BCUT2D eigenvalue weighted by atomic mass is 32.2. The van der Waals surface area contributed by atoms with Gasteiger partial charge in [-0.25, -0.2) is 13.7 Å². The van der Waals surface area contributed by atoms with Crippen molar-refractivity contribution in [3.63, 3.8) is 0 Å². The Hall–Kier alpha value is -2.97. The molecule has 36 heavy (non-hydrogen) atoms. The van der Waals surface area contributed by atoms with Crippen molar-refractivity contribution in [3.8, 4) is 17.6 Å². The van der Waals surface area contributed by atoms with Gasteiger partial charge in [-0.15, -0.1) is 0 Å². The number of aromatic nitrogens is 2. The van der Waals surface area contributed by atoms with Gasteiger partial charge in [-0.05, 0) is 75.5 Å².